The molecule has 0 fully saturated rings. The first-order valence-electron chi connectivity index (χ1n) is 10.4. The van der Waals surface area contributed by atoms with E-state index in [4.69, 9.17) is 14.2 Å². The van der Waals surface area contributed by atoms with Gasteiger partial charge in [0, 0.05) is 48.4 Å². The van der Waals surface area contributed by atoms with Crippen LogP contribution in [-0.4, -0.2) is 27.8 Å². The molecule has 2 heterocycles. The smallest absolute Gasteiger partial charge is 0.258 e. The summed E-state index contributed by atoms with van der Waals surface area (Å²) in [6.07, 6.45) is 5.11. The molecule has 0 aliphatic heterocycles. The molecular weight excluding hydrogens is 439 g/mol. The minimum Gasteiger partial charge on any atom is -0.492 e. The number of benzene rings is 2. The first-order valence-corrected chi connectivity index (χ1v) is 10.4. The lowest BCUT2D eigenvalue weighted by Gasteiger charge is -2.14. The molecule has 34 heavy (non-hydrogen) atoms. The predicted octanol–water partition coefficient (Wildman–Crippen LogP) is 4.61. The zero-order chi connectivity index (χ0) is 24.1. The van der Waals surface area contributed by atoms with Gasteiger partial charge >= 0.3 is 0 Å². The minimum absolute atomic E-state index is 0.305. The van der Waals surface area contributed by atoms with Gasteiger partial charge in [-0.15, -0.1) is 0 Å². The maximum absolute atomic E-state index is 13.0. The van der Waals surface area contributed by atoms with Gasteiger partial charge in [0.05, 0.1) is 18.4 Å². The normalized spacial score (nSPS) is 10.5. The fraction of sp³-hybridized carbons (Fsp3) is 0.160. The van der Waals surface area contributed by atoms with Gasteiger partial charge < -0.3 is 14.2 Å². The molecule has 0 aliphatic rings. The molecule has 0 radical (unpaired) electrons. The molecule has 0 unspecified atom stereocenters. The Morgan fingerprint density at radius 2 is 1.79 bits per heavy atom. The highest BCUT2D eigenvalue weighted by Gasteiger charge is 2.15. The van der Waals surface area contributed by atoms with Crippen LogP contribution in [0.5, 0.6) is 23.0 Å². The monoisotopic (exact) mass is 460 g/mol. The number of aromatic nitrogens is 3. The van der Waals surface area contributed by atoms with Crippen LogP contribution < -0.4 is 19.8 Å². The van der Waals surface area contributed by atoms with E-state index in [1.54, 1.807) is 72.8 Å². The van der Waals surface area contributed by atoms with Crippen molar-refractivity contribution >= 4 is 0 Å². The highest BCUT2D eigenvalue weighted by Crippen LogP contribution is 2.34. The lowest BCUT2D eigenvalue weighted by molar-refractivity contribution is 0.192. The van der Waals surface area contributed by atoms with Gasteiger partial charge in [0.15, 0.2) is 0 Å². The first-order chi connectivity index (χ1) is 16.5. The standard InChI is InChI=1S/C25H21FN4O4/c1-3-32-23-9-8-21(10-17(23)12-27)34-24-11-25(31)30(15-22(24)18-13-28-29(2)14-18)19-4-6-20(7-5-19)33-16-26/h4-11,13-15H,3,16H2,1-2H3. The Morgan fingerprint density at radius 3 is 2.44 bits per heavy atom. The molecule has 0 aliphatic carbocycles. The Hall–Kier alpha value is -4.58. The predicted molar refractivity (Wildman–Crippen MR) is 123 cm³/mol. The fourth-order valence-corrected chi connectivity index (χ4v) is 3.41. The molecule has 172 valence electrons. The van der Waals surface area contributed by atoms with Crippen molar-refractivity contribution in [3.63, 3.8) is 0 Å². The largest absolute Gasteiger partial charge is 0.492 e. The van der Waals surface area contributed by atoms with E-state index in [1.807, 2.05) is 6.92 Å². The molecule has 0 spiro atoms. The Bertz CT molecular complexity index is 1400. The first kappa shape index (κ1) is 22.6. The van der Waals surface area contributed by atoms with E-state index in [9.17, 15) is 14.4 Å². The van der Waals surface area contributed by atoms with Crippen LogP contribution in [0.4, 0.5) is 4.39 Å². The van der Waals surface area contributed by atoms with Crippen LogP contribution in [0.1, 0.15) is 12.5 Å². The maximum Gasteiger partial charge on any atom is 0.258 e. The highest BCUT2D eigenvalue weighted by molar-refractivity contribution is 5.69. The van der Waals surface area contributed by atoms with Crippen molar-refractivity contribution in [2.24, 2.45) is 7.05 Å². The molecule has 2 aromatic heterocycles. The molecule has 9 heteroatoms. The van der Waals surface area contributed by atoms with Crippen molar-refractivity contribution in [2.75, 3.05) is 13.5 Å². The van der Waals surface area contributed by atoms with Gasteiger partial charge in [-0.1, -0.05) is 0 Å². The molecular formula is C25H21FN4O4. The van der Waals surface area contributed by atoms with Crippen molar-refractivity contribution in [1.82, 2.24) is 14.3 Å². The number of pyridine rings is 1. The van der Waals surface area contributed by atoms with Crippen LogP contribution >= 0.6 is 0 Å². The maximum atomic E-state index is 13.0. The Balaban J connectivity index is 1.78. The molecule has 8 nitrogen and oxygen atoms in total. The lowest BCUT2D eigenvalue weighted by Crippen LogP contribution is -2.17. The molecule has 0 atom stereocenters. The summed E-state index contributed by atoms with van der Waals surface area (Å²) in [7, 11) is 1.79. The number of alkyl halides is 1. The summed E-state index contributed by atoms with van der Waals surface area (Å²) in [5.74, 6) is 1.51. The molecule has 0 amide bonds. The van der Waals surface area contributed by atoms with Crippen LogP contribution in [0, 0.1) is 11.3 Å². The van der Waals surface area contributed by atoms with Gasteiger partial charge in [-0.2, -0.15) is 10.4 Å². The Labute approximate surface area is 195 Å². The highest BCUT2D eigenvalue weighted by atomic mass is 19.1. The van der Waals surface area contributed by atoms with Crippen LogP contribution in [0.15, 0.2) is 71.9 Å². The fourth-order valence-electron chi connectivity index (χ4n) is 3.41. The molecule has 0 bridgehead atoms. The summed E-state index contributed by atoms with van der Waals surface area (Å²) in [6, 6.07) is 14.8. The summed E-state index contributed by atoms with van der Waals surface area (Å²) < 4.78 is 31.9. The molecule has 4 rings (SSSR count). The molecule has 0 N–H and O–H groups in total. The number of ether oxygens (including phenoxy) is 3. The van der Waals surface area contributed by atoms with E-state index in [0.717, 1.165) is 5.56 Å². The van der Waals surface area contributed by atoms with Gasteiger partial charge in [-0.3, -0.25) is 14.0 Å². The summed E-state index contributed by atoms with van der Waals surface area (Å²) in [6.45, 7) is 1.33. The van der Waals surface area contributed by atoms with E-state index >= 15 is 0 Å². The quantitative estimate of drug-likeness (QED) is 0.382. The average Bonchev–Trinajstić information content (AvgIpc) is 3.27. The summed E-state index contributed by atoms with van der Waals surface area (Å²) in [4.78, 5) is 13.0. The van der Waals surface area contributed by atoms with Crippen LogP contribution in [0.2, 0.25) is 0 Å². The van der Waals surface area contributed by atoms with Crippen LogP contribution in [0.3, 0.4) is 0 Å². The van der Waals surface area contributed by atoms with E-state index < -0.39 is 6.86 Å². The molecule has 0 saturated heterocycles. The number of nitrogens with zero attached hydrogens (tertiary/aromatic N) is 4. The van der Waals surface area contributed by atoms with Crippen molar-refractivity contribution in [3.8, 4) is 45.9 Å². The summed E-state index contributed by atoms with van der Waals surface area (Å²) >= 11 is 0. The zero-order valence-corrected chi connectivity index (χ0v) is 18.6. The number of rotatable bonds is 8. The third-order valence-corrected chi connectivity index (χ3v) is 4.97. The van der Waals surface area contributed by atoms with Crippen molar-refractivity contribution in [1.29, 1.82) is 5.26 Å². The number of nitriles is 1. The second kappa shape index (κ2) is 9.92. The topological polar surface area (TPSA) is 91.3 Å². The third-order valence-electron chi connectivity index (χ3n) is 4.97. The van der Waals surface area contributed by atoms with E-state index in [1.165, 1.54) is 10.6 Å². The molecule has 4 aromatic rings. The second-order valence-corrected chi connectivity index (χ2v) is 7.21. The minimum atomic E-state index is -0.935. The van der Waals surface area contributed by atoms with Gasteiger partial charge in [-0.25, -0.2) is 4.39 Å². The van der Waals surface area contributed by atoms with Crippen molar-refractivity contribution in [3.05, 3.63) is 83.0 Å². The third kappa shape index (κ3) is 4.76. The average molecular weight is 460 g/mol. The van der Waals surface area contributed by atoms with Crippen molar-refractivity contribution in [2.45, 2.75) is 6.92 Å². The number of aryl methyl sites for hydroxylation is 1. The summed E-state index contributed by atoms with van der Waals surface area (Å²) in [5.41, 5.74) is 1.90. The van der Waals surface area contributed by atoms with Gasteiger partial charge in [0.25, 0.3) is 5.56 Å². The second-order valence-electron chi connectivity index (χ2n) is 7.21. The van der Waals surface area contributed by atoms with E-state index in [-0.39, 0.29) is 5.56 Å². The molecule has 0 saturated carbocycles. The van der Waals surface area contributed by atoms with Gasteiger partial charge in [0.1, 0.15) is 29.1 Å². The van der Waals surface area contributed by atoms with Gasteiger partial charge in [-0.05, 0) is 43.3 Å². The zero-order valence-electron chi connectivity index (χ0n) is 18.6. The van der Waals surface area contributed by atoms with E-state index in [2.05, 4.69) is 11.2 Å². The SMILES string of the molecule is CCOc1ccc(Oc2cc(=O)n(-c3ccc(OCF)cc3)cc2-c2cnn(C)c2)cc1C#N. The lowest BCUT2D eigenvalue weighted by atomic mass is 10.1. The summed E-state index contributed by atoms with van der Waals surface area (Å²) in [5, 5.41) is 13.7. The number of halogens is 1. The number of hydrogen-bond acceptors (Lipinski definition) is 6. The van der Waals surface area contributed by atoms with E-state index in [0.29, 0.717) is 46.4 Å². The Kier molecular flexibility index (Phi) is 6.59. The number of hydrogen-bond donors (Lipinski definition) is 0. The van der Waals surface area contributed by atoms with Crippen LogP contribution in [-0.2, 0) is 7.05 Å². The Morgan fingerprint density at radius 1 is 1.03 bits per heavy atom. The van der Waals surface area contributed by atoms with Crippen molar-refractivity contribution < 1.29 is 18.6 Å². The molecule has 2 aromatic carbocycles. The van der Waals surface area contributed by atoms with Crippen LogP contribution in [0.25, 0.3) is 16.8 Å². The van der Waals surface area contributed by atoms with Gasteiger partial charge in [0.2, 0.25) is 6.86 Å².